The minimum atomic E-state index is -0.315. The Bertz CT molecular complexity index is 1250. The van der Waals surface area contributed by atoms with Crippen LogP contribution in [-0.4, -0.2) is 53.4 Å². The molecule has 0 aliphatic carbocycles. The minimum Gasteiger partial charge on any atom is -0.493 e. The van der Waals surface area contributed by atoms with Gasteiger partial charge >= 0.3 is 5.69 Å². The zero-order valence-corrected chi connectivity index (χ0v) is 17.7. The summed E-state index contributed by atoms with van der Waals surface area (Å²) in [5.41, 5.74) is -0.200. The van der Waals surface area contributed by atoms with E-state index in [2.05, 4.69) is 9.80 Å². The van der Waals surface area contributed by atoms with Crippen LogP contribution in [0.5, 0.6) is 5.75 Å². The smallest absolute Gasteiger partial charge is 0.332 e. The molecule has 0 radical (unpaired) electrons. The predicted octanol–water partition coefficient (Wildman–Crippen LogP) is 0.781. The minimum absolute atomic E-state index is 0.113. The van der Waals surface area contributed by atoms with E-state index in [4.69, 9.17) is 9.15 Å². The van der Waals surface area contributed by atoms with Gasteiger partial charge in [-0.2, -0.15) is 0 Å². The van der Waals surface area contributed by atoms with Crippen molar-refractivity contribution in [3.05, 3.63) is 67.7 Å². The second-order valence-corrected chi connectivity index (χ2v) is 7.69. The van der Waals surface area contributed by atoms with Gasteiger partial charge in [0, 0.05) is 59.0 Å². The highest BCUT2D eigenvalue weighted by atomic mass is 16.5. The van der Waals surface area contributed by atoms with Gasteiger partial charge in [0.15, 0.2) is 5.43 Å². The number of aromatic nitrogens is 2. The lowest BCUT2D eigenvalue weighted by Gasteiger charge is -2.36. The van der Waals surface area contributed by atoms with E-state index < -0.39 is 0 Å². The van der Waals surface area contributed by atoms with Crippen molar-refractivity contribution in [3.63, 3.8) is 0 Å². The molecule has 164 valence electrons. The van der Waals surface area contributed by atoms with E-state index in [1.807, 2.05) is 6.07 Å². The van der Waals surface area contributed by atoms with Crippen LogP contribution in [0.25, 0.3) is 11.0 Å². The van der Waals surface area contributed by atoms with Crippen LogP contribution in [0.2, 0.25) is 0 Å². The van der Waals surface area contributed by atoms with Gasteiger partial charge in [0.2, 0.25) is 0 Å². The molecule has 2 aromatic heterocycles. The van der Waals surface area contributed by atoms with Crippen molar-refractivity contribution in [1.82, 2.24) is 14.0 Å². The second-order valence-electron chi connectivity index (χ2n) is 7.69. The molecular formula is C22H26N4O5. The lowest BCUT2D eigenvalue weighted by molar-refractivity contribution is 0.224. The van der Waals surface area contributed by atoms with Crippen LogP contribution >= 0.6 is 0 Å². The first kappa shape index (κ1) is 20.9. The molecule has 0 unspecified atom stereocenters. The maximum Gasteiger partial charge on any atom is 0.332 e. The van der Waals surface area contributed by atoms with Gasteiger partial charge in [-0.05, 0) is 18.6 Å². The number of fused-ring (bicyclic) bond motifs is 1. The molecular weight excluding hydrogens is 400 g/mol. The summed E-state index contributed by atoms with van der Waals surface area (Å²) < 4.78 is 13.9. The summed E-state index contributed by atoms with van der Waals surface area (Å²) in [4.78, 5) is 40.7. The summed E-state index contributed by atoms with van der Waals surface area (Å²) >= 11 is 0. The Morgan fingerprint density at radius 1 is 1.00 bits per heavy atom. The van der Waals surface area contributed by atoms with Crippen molar-refractivity contribution >= 4 is 16.8 Å². The van der Waals surface area contributed by atoms with Gasteiger partial charge < -0.3 is 14.1 Å². The quantitative estimate of drug-likeness (QED) is 0.538. The monoisotopic (exact) mass is 426 g/mol. The molecule has 0 spiro atoms. The predicted molar refractivity (Wildman–Crippen MR) is 118 cm³/mol. The fourth-order valence-electron chi connectivity index (χ4n) is 3.92. The lowest BCUT2D eigenvalue weighted by atomic mass is 10.2. The van der Waals surface area contributed by atoms with E-state index in [1.54, 1.807) is 19.2 Å². The highest BCUT2D eigenvalue weighted by Crippen LogP contribution is 2.22. The number of anilines is 1. The number of nitrogens with zero attached hydrogens (tertiary/aromatic N) is 4. The summed E-state index contributed by atoms with van der Waals surface area (Å²) in [6, 6.07) is 8.26. The van der Waals surface area contributed by atoms with Crippen molar-refractivity contribution < 1.29 is 9.15 Å². The van der Waals surface area contributed by atoms with E-state index in [0.717, 1.165) is 43.7 Å². The average molecular weight is 426 g/mol. The third-order valence-electron chi connectivity index (χ3n) is 5.72. The summed E-state index contributed by atoms with van der Waals surface area (Å²) in [7, 11) is 3.17. The standard InChI is InChI=1S/C22H26N4O5/c1-23-19(15-20(28)24(2)22(23)29)26-11-9-25(10-12-26)8-4-13-30-17-5-3-6-18-21(17)16(27)7-14-31-18/h3,5-7,14-15H,4,8-13H2,1-2H3. The van der Waals surface area contributed by atoms with Crippen LogP contribution in [0, 0.1) is 0 Å². The van der Waals surface area contributed by atoms with Crippen molar-refractivity contribution in [2.24, 2.45) is 14.1 Å². The largest absolute Gasteiger partial charge is 0.493 e. The van der Waals surface area contributed by atoms with Gasteiger partial charge in [0.25, 0.3) is 5.56 Å². The van der Waals surface area contributed by atoms with Crippen molar-refractivity contribution in [3.8, 4) is 5.75 Å². The number of hydrogen-bond donors (Lipinski definition) is 0. The first-order valence-corrected chi connectivity index (χ1v) is 10.3. The molecule has 3 aromatic rings. The molecule has 31 heavy (non-hydrogen) atoms. The van der Waals surface area contributed by atoms with Crippen LogP contribution in [0.1, 0.15) is 6.42 Å². The van der Waals surface area contributed by atoms with Crippen LogP contribution in [0.15, 0.2) is 55.4 Å². The highest BCUT2D eigenvalue weighted by molar-refractivity contribution is 5.83. The number of hydrogen-bond acceptors (Lipinski definition) is 7. The Morgan fingerprint density at radius 2 is 1.77 bits per heavy atom. The van der Waals surface area contributed by atoms with Crippen LogP contribution < -0.4 is 26.3 Å². The summed E-state index contributed by atoms with van der Waals surface area (Å²) in [5, 5.41) is 0.471. The molecule has 0 atom stereocenters. The average Bonchev–Trinajstić information content (AvgIpc) is 2.78. The molecule has 9 nitrogen and oxygen atoms in total. The Hall–Kier alpha value is -3.33. The van der Waals surface area contributed by atoms with E-state index in [-0.39, 0.29) is 16.7 Å². The first-order chi connectivity index (χ1) is 15.0. The van der Waals surface area contributed by atoms with Crippen LogP contribution in [-0.2, 0) is 14.1 Å². The zero-order chi connectivity index (χ0) is 22.0. The van der Waals surface area contributed by atoms with Crippen molar-refractivity contribution in [2.45, 2.75) is 6.42 Å². The summed E-state index contributed by atoms with van der Waals surface area (Å²) in [6.07, 6.45) is 2.21. The number of piperazine rings is 1. The highest BCUT2D eigenvalue weighted by Gasteiger charge is 2.20. The molecule has 0 saturated carbocycles. The molecule has 9 heteroatoms. The Balaban J connectivity index is 1.30. The zero-order valence-electron chi connectivity index (χ0n) is 17.7. The third kappa shape index (κ3) is 4.27. The van der Waals surface area contributed by atoms with E-state index >= 15 is 0 Å². The third-order valence-corrected chi connectivity index (χ3v) is 5.72. The number of benzene rings is 1. The molecule has 0 N–H and O–H groups in total. The van der Waals surface area contributed by atoms with Gasteiger partial charge in [-0.15, -0.1) is 0 Å². The van der Waals surface area contributed by atoms with Crippen molar-refractivity contribution in [2.75, 3.05) is 44.2 Å². The molecule has 4 rings (SSSR count). The van der Waals surface area contributed by atoms with Gasteiger partial charge in [-0.1, -0.05) is 6.07 Å². The molecule has 1 aromatic carbocycles. The Kier molecular flexibility index (Phi) is 5.94. The molecule has 1 saturated heterocycles. The fourth-order valence-corrected chi connectivity index (χ4v) is 3.92. The second kappa shape index (κ2) is 8.81. The lowest BCUT2D eigenvalue weighted by Crippen LogP contribution is -2.49. The van der Waals surface area contributed by atoms with E-state index in [0.29, 0.717) is 29.1 Å². The molecule has 3 heterocycles. The Morgan fingerprint density at radius 3 is 2.55 bits per heavy atom. The van der Waals surface area contributed by atoms with Crippen molar-refractivity contribution in [1.29, 1.82) is 0 Å². The molecule has 1 aliphatic rings. The normalized spacial score (nSPS) is 14.8. The SMILES string of the molecule is Cn1c(N2CCN(CCCOc3cccc4occc(=O)c34)CC2)cc(=O)n(C)c1=O. The van der Waals surface area contributed by atoms with Gasteiger partial charge in [0.05, 0.1) is 12.9 Å². The number of ether oxygens (including phenoxy) is 1. The Labute approximate surface area is 178 Å². The maximum absolute atomic E-state index is 12.2. The molecule has 1 aliphatic heterocycles. The maximum atomic E-state index is 12.2. The van der Waals surface area contributed by atoms with Crippen LogP contribution in [0.4, 0.5) is 5.82 Å². The number of rotatable bonds is 6. The topological polar surface area (TPSA) is 89.9 Å². The molecule has 1 fully saturated rings. The van der Waals surface area contributed by atoms with Crippen LogP contribution in [0.3, 0.4) is 0 Å². The molecule has 0 amide bonds. The van der Waals surface area contributed by atoms with Gasteiger partial charge in [0.1, 0.15) is 22.5 Å². The van der Waals surface area contributed by atoms with Gasteiger partial charge in [-0.25, -0.2) is 4.79 Å². The van der Waals surface area contributed by atoms with E-state index in [1.165, 1.54) is 30.0 Å². The first-order valence-electron chi connectivity index (χ1n) is 10.3. The summed E-state index contributed by atoms with van der Waals surface area (Å²) in [5.74, 6) is 1.20. The van der Waals surface area contributed by atoms with Gasteiger partial charge in [-0.3, -0.25) is 23.6 Å². The summed E-state index contributed by atoms with van der Waals surface area (Å²) in [6.45, 7) is 4.51. The fraction of sp³-hybridized carbons (Fsp3) is 0.409. The van der Waals surface area contributed by atoms with E-state index in [9.17, 15) is 14.4 Å². The molecule has 0 bridgehead atoms.